The number of hydrogen-bond acceptors (Lipinski definition) is 7. The quantitative estimate of drug-likeness (QED) is 0.354. The number of aryl methyl sites for hydroxylation is 1. The van der Waals surface area contributed by atoms with Crippen LogP contribution >= 0.6 is 0 Å². The minimum absolute atomic E-state index is 0.229. The van der Waals surface area contributed by atoms with Crippen LogP contribution in [0.3, 0.4) is 0 Å². The average molecular weight is 496 g/mol. The van der Waals surface area contributed by atoms with Gasteiger partial charge in [-0.15, -0.1) is 0 Å². The van der Waals surface area contributed by atoms with Gasteiger partial charge >= 0.3 is 0 Å². The van der Waals surface area contributed by atoms with Crippen molar-refractivity contribution in [1.29, 1.82) is 0 Å². The van der Waals surface area contributed by atoms with Crippen molar-refractivity contribution in [3.63, 3.8) is 0 Å². The number of nitrogens with zero attached hydrogens (tertiary/aromatic N) is 4. The second kappa shape index (κ2) is 10.0. The van der Waals surface area contributed by atoms with Crippen molar-refractivity contribution in [2.45, 2.75) is 18.2 Å². The molecule has 0 radical (unpaired) electrons. The molecule has 4 rings (SSSR count). The Morgan fingerprint density at radius 1 is 1.00 bits per heavy atom. The Morgan fingerprint density at radius 3 is 2.37 bits per heavy atom. The molecule has 0 unspecified atom stereocenters. The highest BCUT2D eigenvalue weighted by molar-refractivity contribution is 7.89. The van der Waals surface area contributed by atoms with E-state index in [1.807, 2.05) is 37.3 Å². The minimum atomic E-state index is -3.51. The number of aromatic nitrogens is 3. The van der Waals surface area contributed by atoms with Gasteiger partial charge in [0, 0.05) is 25.2 Å². The molecule has 184 valence electrons. The van der Waals surface area contributed by atoms with Gasteiger partial charge in [-0.2, -0.15) is 5.10 Å². The van der Waals surface area contributed by atoms with E-state index in [0.29, 0.717) is 30.3 Å². The largest absolute Gasteiger partial charge is 0.493 e. The van der Waals surface area contributed by atoms with Crippen molar-refractivity contribution >= 4 is 15.7 Å². The first kappa shape index (κ1) is 24.6. The molecule has 4 aromatic rings. The summed E-state index contributed by atoms with van der Waals surface area (Å²) in [6, 6.07) is 16.2. The summed E-state index contributed by atoms with van der Waals surface area (Å²) in [4.78, 5) is 4.86. The fraction of sp³-hybridized carbons (Fsp3) is 0.280. The molecule has 0 saturated carbocycles. The second-order valence-electron chi connectivity index (χ2n) is 8.20. The van der Waals surface area contributed by atoms with Gasteiger partial charge in [0.05, 0.1) is 35.7 Å². The Morgan fingerprint density at radius 2 is 1.71 bits per heavy atom. The molecule has 0 bridgehead atoms. The zero-order chi connectivity index (χ0) is 25.2. The van der Waals surface area contributed by atoms with Crippen LogP contribution in [0.4, 0.5) is 0 Å². The van der Waals surface area contributed by atoms with E-state index in [4.69, 9.17) is 20.3 Å². The maximum Gasteiger partial charge on any atom is 0.242 e. The van der Waals surface area contributed by atoms with Gasteiger partial charge in [0.1, 0.15) is 0 Å². The maximum atomic E-state index is 12.4. The zero-order valence-corrected chi connectivity index (χ0v) is 21.0. The molecule has 0 saturated heterocycles. The van der Waals surface area contributed by atoms with E-state index in [0.717, 1.165) is 34.6 Å². The van der Waals surface area contributed by atoms with Gasteiger partial charge in [0.15, 0.2) is 17.1 Å². The van der Waals surface area contributed by atoms with E-state index >= 15 is 0 Å². The Hall–Kier alpha value is -3.47. The number of rotatable bonds is 9. The molecular formula is C25H29N5O4S. The first-order chi connectivity index (χ1) is 16.8. The molecule has 0 spiro atoms. The number of nitrogens with two attached hydrogens (primary N) is 1. The third kappa shape index (κ3) is 4.86. The minimum Gasteiger partial charge on any atom is -0.493 e. The van der Waals surface area contributed by atoms with Gasteiger partial charge in [-0.1, -0.05) is 12.1 Å². The summed E-state index contributed by atoms with van der Waals surface area (Å²) in [6.45, 7) is 2.98. The lowest BCUT2D eigenvalue weighted by Gasteiger charge is -2.12. The second-order valence-corrected chi connectivity index (χ2v) is 10.4. The molecule has 35 heavy (non-hydrogen) atoms. The molecule has 9 nitrogen and oxygen atoms in total. The molecule has 0 atom stereocenters. The number of methoxy groups -OCH3 is 1. The highest BCUT2D eigenvalue weighted by atomic mass is 32.2. The first-order valence-corrected chi connectivity index (χ1v) is 12.6. The van der Waals surface area contributed by atoms with Gasteiger partial charge in [0.2, 0.25) is 10.0 Å². The standard InChI is InChI=1S/C25H29N5O4S/c1-17-25(18-6-9-20(10-7-18)35(31,32)29(2)3)30-24(27-17)13-11-21(28-30)19-8-12-22(23(16-19)33-4)34-15-5-14-26/h6-13,16H,5,14-15,26H2,1-4H3. The van der Waals surface area contributed by atoms with Gasteiger partial charge in [0.25, 0.3) is 0 Å². The molecular weight excluding hydrogens is 466 g/mol. The first-order valence-electron chi connectivity index (χ1n) is 11.2. The van der Waals surface area contributed by atoms with Crippen LogP contribution in [0.25, 0.3) is 28.2 Å². The van der Waals surface area contributed by atoms with Crippen molar-refractivity contribution in [2.75, 3.05) is 34.4 Å². The predicted molar refractivity (Wildman–Crippen MR) is 135 cm³/mol. The summed E-state index contributed by atoms with van der Waals surface area (Å²) >= 11 is 0. The number of sulfonamides is 1. The summed E-state index contributed by atoms with van der Waals surface area (Å²) in [5.41, 5.74) is 10.2. The summed E-state index contributed by atoms with van der Waals surface area (Å²) in [5.74, 6) is 1.26. The fourth-order valence-electron chi connectivity index (χ4n) is 3.74. The molecule has 0 fully saturated rings. The Labute approximate surface area is 205 Å². The summed E-state index contributed by atoms with van der Waals surface area (Å²) in [6.07, 6.45) is 0.758. The van der Waals surface area contributed by atoms with Crippen molar-refractivity contribution in [3.8, 4) is 34.0 Å². The number of hydrogen-bond donors (Lipinski definition) is 1. The van der Waals surface area contributed by atoms with Gasteiger partial charge in [-0.3, -0.25) is 0 Å². The molecule has 0 aliphatic carbocycles. The monoisotopic (exact) mass is 495 g/mol. The van der Waals surface area contributed by atoms with Crippen molar-refractivity contribution in [2.24, 2.45) is 5.73 Å². The van der Waals surface area contributed by atoms with E-state index in [9.17, 15) is 8.42 Å². The molecule has 2 heterocycles. The highest BCUT2D eigenvalue weighted by Gasteiger charge is 2.19. The lowest BCUT2D eigenvalue weighted by molar-refractivity contribution is 0.291. The molecule has 0 amide bonds. The molecule has 2 aromatic heterocycles. The van der Waals surface area contributed by atoms with Crippen LogP contribution in [0.1, 0.15) is 12.1 Å². The predicted octanol–water partition coefficient (Wildman–Crippen LogP) is 3.36. The fourth-order valence-corrected chi connectivity index (χ4v) is 4.64. The molecule has 0 aliphatic rings. The van der Waals surface area contributed by atoms with E-state index in [1.54, 1.807) is 35.9 Å². The summed E-state index contributed by atoms with van der Waals surface area (Å²) in [5, 5.41) is 4.84. The number of ether oxygens (including phenoxy) is 2. The summed E-state index contributed by atoms with van der Waals surface area (Å²) in [7, 11) is 1.11. The van der Waals surface area contributed by atoms with Crippen molar-refractivity contribution in [3.05, 3.63) is 60.3 Å². The Bertz CT molecular complexity index is 1450. The number of benzene rings is 2. The molecule has 10 heteroatoms. The van der Waals surface area contributed by atoms with Crippen LogP contribution in [0.5, 0.6) is 11.5 Å². The highest BCUT2D eigenvalue weighted by Crippen LogP contribution is 2.33. The third-order valence-electron chi connectivity index (χ3n) is 5.62. The molecule has 0 aliphatic heterocycles. The average Bonchev–Trinajstić information content (AvgIpc) is 3.19. The SMILES string of the molecule is COc1cc(-c2ccc3nc(C)c(-c4ccc(S(=O)(=O)N(C)C)cc4)n3n2)ccc1OCCCN. The zero-order valence-electron chi connectivity index (χ0n) is 20.2. The summed E-state index contributed by atoms with van der Waals surface area (Å²) < 4.78 is 39.1. The Balaban J connectivity index is 1.73. The molecule has 2 N–H and O–H groups in total. The van der Waals surface area contributed by atoms with E-state index < -0.39 is 10.0 Å². The lowest BCUT2D eigenvalue weighted by atomic mass is 10.1. The Kier molecular flexibility index (Phi) is 7.06. The van der Waals surface area contributed by atoms with Crippen LogP contribution in [0, 0.1) is 6.92 Å². The smallest absolute Gasteiger partial charge is 0.242 e. The molecule has 2 aromatic carbocycles. The topological polar surface area (TPSA) is 112 Å². The van der Waals surface area contributed by atoms with Crippen LogP contribution in [-0.2, 0) is 10.0 Å². The number of imidazole rings is 1. The van der Waals surface area contributed by atoms with Gasteiger partial charge in [-0.25, -0.2) is 22.2 Å². The van der Waals surface area contributed by atoms with Crippen LogP contribution in [0.15, 0.2) is 59.5 Å². The van der Waals surface area contributed by atoms with E-state index in [2.05, 4.69) is 4.98 Å². The van der Waals surface area contributed by atoms with E-state index in [-0.39, 0.29) is 4.90 Å². The van der Waals surface area contributed by atoms with Gasteiger partial charge < -0.3 is 15.2 Å². The van der Waals surface area contributed by atoms with Crippen LogP contribution in [-0.4, -0.2) is 61.7 Å². The van der Waals surface area contributed by atoms with Crippen molar-refractivity contribution in [1.82, 2.24) is 18.9 Å². The van der Waals surface area contributed by atoms with E-state index in [1.165, 1.54) is 18.4 Å². The lowest BCUT2D eigenvalue weighted by Crippen LogP contribution is -2.22. The normalized spacial score (nSPS) is 11.8. The third-order valence-corrected chi connectivity index (χ3v) is 7.45. The maximum absolute atomic E-state index is 12.4. The van der Waals surface area contributed by atoms with Crippen molar-refractivity contribution < 1.29 is 17.9 Å². The van der Waals surface area contributed by atoms with Gasteiger partial charge in [-0.05, 0) is 62.4 Å². The van der Waals surface area contributed by atoms with Crippen LogP contribution in [0.2, 0.25) is 0 Å². The number of fused-ring (bicyclic) bond motifs is 1. The van der Waals surface area contributed by atoms with Crippen LogP contribution < -0.4 is 15.2 Å².